The van der Waals surface area contributed by atoms with Crippen LogP contribution in [0.1, 0.15) is 5.56 Å². The van der Waals surface area contributed by atoms with Crippen molar-refractivity contribution in [1.29, 1.82) is 0 Å². The van der Waals surface area contributed by atoms with Crippen molar-refractivity contribution in [3.63, 3.8) is 0 Å². The van der Waals surface area contributed by atoms with E-state index in [1.807, 2.05) is 25.2 Å². The fourth-order valence-corrected chi connectivity index (χ4v) is 1.71. The highest BCUT2D eigenvalue weighted by molar-refractivity contribution is 5.81. The molecule has 0 bridgehead atoms. The number of nitrogens with zero attached hydrogens (tertiary/aromatic N) is 2. The lowest BCUT2D eigenvalue weighted by Crippen LogP contribution is -2.37. The van der Waals surface area contributed by atoms with Gasteiger partial charge in [-0.3, -0.25) is 4.99 Å². The molecule has 17 heavy (non-hydrogen) atoms. The molecule has 0 spiro atoms. The van der Waals surface area contributed by atoms with E-state index in [2.05, 4.69) is 27.3 Å². The maximum Gasteiger partial charge on any atom is 0.193 e. The minimum absolute atomic E-state index is 0.675. The second kappa shape index (κ2) is 6.25. The number of ether oxygens (including phenoxy) is 1. The summed E-state index contributed by atoms with van der Waals surface area (Å²) < 4.78 is 5.63. The lowest BCUT2D eigenvalue weighted by atomic mass is 10.2. The van der Waals surface area contributed by atoms with Crippen molar-refractivity contribution in [2.45, 2.75) is 6.61 Å². The molecule has 0 unspecified atom stereocenters. The molecular formula is C13H19N3O. The normalized spacial score (nSPS) is 14.3. The van der Waals surface area contributed by atoms with Gasteiger partial charge in [0.25, 0.3) is 0 Å². The van der Waals surface area contributed by atoms with E-state index < -0.39 is 0 Å². The van der Waals surface area contributed by atoms with Crippen LogP contribution in [0.3, 0.4) is 0 Å². The zero-order valence-electron chi connectivity index (χ0n) is 10.2. The summed E-state index contributed by atoms with van der Waals surface area (Å²) in [5.74, 6) is 0.980. The Kier molecular flexibility index (Phi) is 4.38. The molecule has 0 fully saturated rings. The number of likely N-dealkylation sites (N-methyl/N-ethyl adjacent to an activating group) is 1. The zero-order chi connectivity index (χ0) is 11.9. The molecule has 0 radical (unpaired) electrons. The van der Waals surface area contributed by atoms with Crippen molar-refractivity contribution in [2.24, 2.45) is 4.99 Å². The molecule has 0 aromatic heterocycles. The molecule has 0 saturated carbocycles. The van der Waals surface area contributed by atoms with E-state index in [9.17, 15) is 0 Å². The monoisotopic (exact) mass is 233 g/mol. The van der Waals surface area contributed by atoms with Gasteiger partial charge in [-0.15, -0.1) is 0 Å². The van der Waals surface area contributed by atoms with Crippen molar-refractivity contribution >= 4 is 5.96 Å². The second-order valence-corrected chi connectivity index (χ2v) is 4.09. The van der Waals surface area contributed by atoms with Crippen LogP contribution in [-0.4, -0.2) is 44.1 Å². The van der Waals surface area contributed by atoms with Crippen LogP contribution < -0.4 is 5.32 Å². The van der Waals surface area contributed by atoms with Crippen molar-refractivity contribution in [3.05, 3.63) is 35.9 Å². The average Bonchev–Trinajstić information content (AvgIpc) is 2.89. The number of guanidine groups is 1. The number of hydrogen-bond acceptors (Lipinski definition) is 4. The Morgan fingerprint density at radius 3 is 2.88 bits per heavy atom. The van der Waals surface area contributed by atoms with Crippen LogP contribution in [0.5, 0.6) is 0 Å². The maximum absolute atomic E-state index is 5.63. The van der Waals surface area contributed by atoms with Gasteiger partial charge in [0.1, 0.15) is 0 Å². The van der Waals surface area contributed by atoms with Crippen molar-refractivity contribution in [3.8, 4) is 0 Å². The standard InChI is InChI=1S/C13H19N3O/c1-16(13-14-7-8-15-13)9-10-17-11-12-5-3-2-4-6-12/h2-6H,7-11H2,1H3,(H,14,15). The highest BCUT2D eigenvalue weighted by Crippen LogP contribution is 2.00. The topological polar surface area (TPSA) is 36.9 Å². The molecule has 0 atom stereocenters. The molecule has 92 valence electrons. The number of nitrogens with one attached hydrogen (secondary N) is 1. The lowest BCUT2D eigenvalue weighted by Gasteiger charge is -2.18. The summed E-state index contributed by atoms with van der Waals surface area (Å²) in [6.07, 6.45) is 0. The van der Waals surface area contributed by atoms with Crippen LogP contribution >= 0.6 is 0 Å². The van der Waals surface area contributed by atoms with Gasteiger partial charge in [-0.1, -0.05) is 30.3 Å². The number of hydrogen-bond donors (Lipinski definition) is 1. The first-order valence-electron chi connectivity index (χ1n) is 5.97. The van der Waals surface area contributed by atoms with Gasteiger partial charge in [0, 0.05) is 20.1 Å². The van der Waals surface area contributed by atoms with Gasteiger partial charge < -0.3 is 15.0 Å². The summed E-state index contributed by atoms with van der Waals surface area (Å²) in [5.41, 5.74) is 1.21. The Labute approximate surface area is 102 Å². The molecule has 1 aliphatic heterocycles. The SMILES string of the molecule is CN(CCOCc1ccccc1)C1=NCCN1. The van der Waals surface area contributed by atoms with E-state index in [1.54, 1.807) is 0 Å². The molecule has 2 rings (SSSR count). The van der Waals surface area contributed by atoms with E-state index in [1.165, 1.54) is 5.56 Å². The van der Waals surface area contributed by atoms with Gasteiger partial charge >= 0.3 is 0 Å². The highest BCUT2D eigenvalue weighted by atomic mass is 16.5. The van der Waals surface area contributed by atoms with Crippen molar-refractivity contribution in [2.75, 3.05) is 33.3 Å². The average molecular weight is 233 g/mol. The maximum atomic E-state index is 5.63. The summed E-state index contributed by atoms with van der Waals surface area (Å²) in [5, 5.41) is 3.24. The van der Waals surface area contributed by atoms with Gasteiger partial charge in [0.15, 0.2) is 5.96 Å². The Morgan fingerprint density at radius 2 is 2.18 bits per heavy atom. The molecule has 4 nitrogen and oxygen atoms in total. The number of benzene rings is 1. The van der Waals surface area contributed by atoms with Gasteiger partial charge in [0.05, 0.1) is 19.8 Å². The first-order valence-corrected chi connectivity index (χ1v) is 5.97. The van der Waals surface area contributed by atoms with E-state index >= 15 is 0 Å². The third kappa shape index (κ3) is 3.75. The Balaban J connectivity index is 1.63. The summed E-state index contributed by atoms with van der Waals surface area (Å²) in [6.45, 7) is 4.08. The first-order chi connectivity index (χ1) is 8.36. The van der Waals surface area contributed by atoms with Gasteiger partial charge in [-0.25, -0.2) is 0 Å². The van der Waals surface area contributed by atoms with Crippen LogP contribution in [0.2, 0.25) is 0 Å². The molecule has 1 aromatic rings. The Bertz CT molecular complexity index is 364. The quantitative estimate of drug-likeness (QED) is 0.774. The van der Waals surface area contributed by atoms with Crippen LogP contribution in [0.15, 0.2) is 35.3 Å². The minimum atomic E-state index is 0.675. The smallest absolute Gasteiger partial charge is 0.193 e. The predicted octanol–water partition coefficient (Wildman–Crippen LogP) is 1.09. The zero-order valence-corrected chi connectivity index (χ0v) is 10.2. The van der Waals surface area contributed by atoms with Crippen LogP contribution in [0, 0.1) is 0 Å². The fourth-order valence-electron chi connectivity index (χ4n) is 1.71. The molecular weight excluding hydrogens is 214 g/mol. The molecule has 1 aliphatic rings. The highest BCUT2D eigenvalue weighted by Gasteiger charge is 2.09. The van der Waals surface area contributed by atoms with Crippen LogP contribution in [0.4, 0.5) is 0 Å². The number of rotatable bonds is 5. The lowest BCUT2D eigenvalue weighted by molar-refractivity contribution is 0.111. The molecule has 4 heteroatoms. The van der Waals surface area contributed by atoms with Crippen LogP contribution in [0.25, 0.3) is 0 Å². The third-order valence-corrected chi connectivity index (χ3v) is 2.70. The first kappa shape index (κ1) is 11.9. The molecule has 0 saturated heterocycles. The summed E-state index contributed by atoms with van der Waals surface area (Å²) in [6, 6.07) is 10.2. The summed E-state index contributed by atoms with van der Waals surface area (Å²) >= 11 is 0. The molecule has 1 heterocycles. The second-order valence-electron chi connectivity index (χ2n) is 4.09. The van der Waals surface area contributed by atoms with E-state index in [4.69, 9.17) is 4.74 Å². The Morgan fingerprint density at radius 1 is 1.35 bits per heavy atom. The van der Waals surface area contributed by atoms with E-state index in [0.717, 1.165) is 25.6 Å². The molecule has 1 N–H and O–H groups in total. The predicted molar refractivity (Wildman–Crippen MR) is 69.0 cm³/mol. The van der Waals surface area contributed by atoms with Crippen molar-refractivity contribution < 1.29 is 4.74 Å². The molecule has 1 aromatic carbocycles. The van der Waals surface area contributed by atoms with Gasteiger partial charge in [-0.05, 0) is 5.56 Å². The fraction of sp³-hybridized carbons (Fsp3) is 0.462. The van der Waals surface area contributed by atoms with E-state index in [-0.39, 0.29) is 0 Å². The van der Waals surface area contributed by atoms with Gasteiger partial charge in [-0.2, -0.15) is 0 Å². The van der Waals surface area contributed by atoms with Crippen LogP contribution in [-0.2, 0) is 11.3 Å². The summed E-state index contributed by atoms with van der Waals surface area (Å²) in [4.78, 5) is 6.44. The van der Waals surface area contributed by atoms with E-state index in [0.29, 0.717) is 13.2 Å². The van der Waals surface area contributed by atoms with Gasteiger partial charge in [0.2, 0.25) is 0 Å². The minimum Gasteiger partial charge on any atom is -0.375 e. The largest absolute Gasteiger partial charge is 0.375 e. The molecule has 0 amide bonds. The number of aliphatic imine (C=N–C) groups is 1. The molecule has 0 aliphatic carbocycles. The van der Waals surface area contributed by atoms with Crippen molar-refractivity contribution in [1.82, 2.24) is 10.2 Å². The summed E-state index contributed by atoms with van der Waals surface area (Å²) in [7, 11) is 2.03. The third-order valence-electron chi connectivity index (χ3n) is 2.70. The Hall–Kier alpha value is -1.55.